The molecule has 114 valence electrons. The molecule has 2 aromatic rings. The molecule has 4 heteroatoms. The number of carbonyl (C=O) groups excluding carboxylic acids is 1. The van der Waals surface area contributed by atoms with Gasteiger partial charge in [0.1, 0.15) is 0 Å². The number of benzene rings is 2. The Morgan fingerprint density at radius 3 is 2.55 bits per heavy atom. The lowest BCUT2D eigenvalue weighted by atomic mass is 10.1. The maximum atomic E-state index is 12.9. The second-order valence-electron chi connectivity index (χ2n) is 5.43. The van der Waals surface area contributed by atoms with E-state index in [1.807, 2.05) is 45.0 Å². The summed E-state index contributed by atoms with van der Waals surface area (Å²) in [6.07, 6.45) is 0. The van der Waals surface area contributed by atoms with E-state index in [0.29, 0.717) is 23.6 Å². The van der Waals surface area contributed by atoms with E-state index < -0.39 is 0 Å². The van der Waals surface area contributed by atoms with Gasteiger partial charge in [-0.2, -0.15) is 0 Å². The van der Waals surface area contributed by atoms with Crippen LogP contribution in [0.5, 0.6) is 11.5 Å². The third kappa shape index (κ3) is 2.52. The summed E-state index contributed by atoms with van der Waals surface area (Å²) in [5, 5.41) is 0. The number of rotatable bonds is 3. The van der Waals surface area contributed by atoms with Gasteiger partial charge in [0.25, 0.3) is 5.91 Å². The molecule has 1 heterocycles. The van der Waals surface area contributed by atoms with E-state index in [-0.39, 0.29) is 12.7 Å². The highest BCUT2D eigenvalue weighted by atomic mass is 16.7. The summed E-state index contributed by atoms with van der Waals surface area (Å²) in [4.78, 5) is 14.7. The highest BCUT2D eigenvalue weighted by molar-refractivity contribution is 6.08. The first-order valence-electron chi connectivity index (χ1n) is 7.39. The lowest BCUT2D eigenvalue weighted by Crippen LogP contribution is -2.31. The van der Waals surface area contributed by atoms with Crippen LogP contribution >= 0.6 is 0 Å². The molecular weight excluding hydrogens is 278 g/mol. The summed E-state index contributed by atoms with van der Waals surface area (Å²) >= 11 is 0. The lowest BCUT2D eigenvalue weighted by molar-refractivity contribution is 0.0983. The van der Waals surface area contributed by atoms with Crippen molar-refractivity contribution in [1.29, 1.82) is 0 Å². The van der Waals surface area contributed by atoms with Gasteiger partial charge in [-0.05, 0) is 56.2 Å². The second kappa shape index (κ2) is 5.72. The van der Waals surface area contributed by atoms with Gasteiger partial charge >= 0.3 is 0 Å². The van der Waals surface area contributed by atoms with Gasteiger partial charge in [0, 0.05) is 12.2 Å². The first kappa shape index (κ1) is 14.4. The monoisotopic (exact) mass is 297 g/mol. The Balaban J connectivity index is 2.01. The molecule has 0 saturated carbocycles. The molecule has 2 aromatic carbocycles. The topological polar surface area (TPSA) is 38.8 Å². The van der Waals surface area contributed by atoms with Gasteiger partial charge in [-0.1, -0.05) is 12.1 Å². The van der Waals surface area contributed by atoms with Crippen LogP contribution < -0.4 is 14.4 Å². The highest BCUT2D eigenvalue weighted by Crippen LogP contribution is 2.36. The summed E-state index contributed by atoms with van der Waals surface area (Å²) in [6.45, 7) is 6.79. The zero-order chi connectivity index (χ0) is 15.7. The van der Waals surface area contributed by atoms with E-state index in [0.717, 1.165) is 16.8 Å². The third-order valence-corrected chi connectivity index (χ3v) is 3.71. The van der Waals surface area contributed by atoms with Crippen LogP contribution in [-0.4, -0.2) is 19.2 Å². The quantitative estimate of drug-likeness (QED) is 0.867. The molecule has 0 fully saturated rings. The summed E-state index contributed by atoms with van der Waals surface area (Å²) in [5.41, 5.74) is 3.72. The number of hydrogen-bond acceptors (Lipinski definition) is 3. The maximum absolute atomic E-state index is 12.9. The Labute approximate surface area is 130 Å². The van der Waals surface area contributed by atoms with Crippen LogP contribution in [0, 0.1) is 13.8 Å². The molecular formula is C18H19NO3. The van der Waals surface area contributed by atoms with Crippen LogP contribution in [0.25, 0.3) is 0 Å². The van der Waals surface area contributed by atoms with E-state index in [4.69, 9.17) is 9.47 Å². The summed E-state index contributed by atoms with van der Waals surface area (Å²) in [5.74, 6) is 1.09. The fourth-order valence-corrected chi connectivity index (χ4v) is 2.79. The van der Waals surface area contributed by atoms with Gasteiger partial charge in [0.2, 0.25) is 6.79 Å². The van der Waals surface area contributed by atoms with E-state index in [2.05, 4.69) is 6.07 Å². The van der Waals surface area contributed by atoms with Crippen molar-refractivity contribution in [3.05, 3.63) is 53.1 Å². The molecule has 0 unspecified atom stereocenters. The van der Waals surface area contributed by atoms with Gasteiger partial charge < -0.3 is 14.4 Å². The SMILES string of the molecule is CCN(C(=O)c1cccc2c1OCO2)c1cc(C)cc(C)c1. The van der Waals surface area contributed by atoms with Crippen molar-refractivity contribution in [3.8, 4) is 11.5 Å². The number of ether oxygens (including phenoxy) is 2. The van der Waals surface area contributed by atoms with Crippen molar-refractivity contribution in [3.63, 3.8) is 0 Å². The van der Waals surface area contributed by atoms with Crippen molar-refractivity contribution in [2.45, 2.75) is 20.8 Å². The number of aryl methyl sites for hydroxylation is 2. The Bertz CT molecular complexity index is 704. The van der Waals surface area contributed by atoms with Crippen molar-refractivity contribution < 1.29 is 14.3 Å². The molecule has 0 saturated heterocycles. The Morgan fingerprint density at radius 1 is 1.14 bits per heavy atom. The maximum Gasteiger partial charge on any atom is 0.262 e. The van der Waals surface area contributed by atoms with Crippen LogP contribution in [0.3, 0.4) is 0 Å². The fraction of sp³-hybridized carbons (Fsp3) is 0.278. The number of nitrogens with zero attached hydrogens (tertiary/aromatic N) is 1. The predicted octanol–water partition coefficient (Wildman–Crippen LogP) is 3.70. The van der Waals surface area contributed by atoms with Crippen LogP contribution in [0.4, 0.5) is 5.69 Å². The first-order chi connectivity index (χ1) is 10.6. The molecule has 3 rings (SSSR count). The molecule has 1 amide bonds. The molecule has 22 heavy (non-hydrogen) atoms. The summed E-state index contributed by atoms with van der Waals surface area (Å²) < 4.78 is 10.8. The van der Waals surface area contributed by atoms with E-state index >= 15 is 0 Å². The van der Waals surface area contributed by atoms with Gasteiger partial charge in [0.05, 0.1) is 5.56 Å². The minimum Gasteiger partial charge on any atom is -0.454 e. The number of anilines is 1. The van der Waals surface area contributed by atoms with Crippen molar-refractivity contribution in [2.24, 2.45) is 0 Å². The Hall–Kier alpha value is -2.49. The standard InChI is InChI=1S/C18H19NO3/c1-4-19(14-9-12(2)8-13(3)10-14)18(20)15-6-5-7-16-17(15)22-11-21-16/h5-10H,4,11H2,1-3H3. The normalized spacial score (nSPS) is 12.3. The Kier molecular flexibility index (Phi) is 3.75. The third-order valence-electron chi connectivity index (χ3n) is 3.71. The number of para-hydroxylation sites is 1. The molecule has 0 aromatic heterocycles. The van der Waals surface area contributed by atoms with Gasteiger partial charge in [-0.25, -0.2) is 0 Å². The average Bonchev–Trinajstić information content (AvgIpc) is 2.95. The molecule has 1 aliphatic rings. The molecule has 0 spiro atoms. The second-order valence-corrected chi connectivity index (χ2v) is 5.43. The van der Waals surface area contributed by atoms with Gasteiger partial charge in [-0.15, -0.1) is 0 Å². The van der Waals surface area contributed by atoms with Crippen LogP contribution in [-0.2, 0) is 0 Å². The number of fused-ring (bicyclic) bond motifs is 1. The average molecular weight is 297 g/mol. The number of carbonyl (C=O) groups is 1. The number of amides is 1. The predicted molar refractivity (Wildman–Crippen MR) is 85.8 cm³/mol. The van der Waals surface area contributed by atoms with Crippen molar-refractivity contribution in [2.75, 3.05) is 18.2 Å². The molecule has 4 nitrogen and oxygen atoms in total. The molecule has 0 radical (unpaired) electrons. The zero-order valence-corrected chi connectivity index (χ0v) is 13.1. The van der Waals surface area contributed by atoms with Crippen LogP contribution in [0.15, 0.2) is 36.4 Å². The molecule has 0 atom stereocenters. The van der Waals surface area contributed by atoms with Crippen LogP contribution in [0.1, 0.15) is 28.4 Å². The van der Waals surface area contributed by atoms with Crippen LogP contribution in [0.2, 0.25) is 0 Å². The smallest absolute Gasteiger partial charge is 0.262 e. The minimum atomic E-state index is -0.0742. The van der Waals surface area contributed by atoms with E-state index in [1.54, 1.807) is 11.0 Å². The molecule has 0 aliphatic carbocycles. The summed E-state index contributed by atoms with van der Waals surface area (Å²) in [6, 6.07) is 11.5. The Morgan fingerprint density at radius 2 is 1.86 bits per heavy atom. The highest BCUT2D eigenvalue weighted by Gasteiger charge is 2.25. The number of hydrogen-bond donors (Lipinski definition) is 0. The van der Waals surface area contributed by atoms with Gasteiger partial charge in [0.15, 0.2) is 11.5 Å². The summed E-state index contributed by atoms with van der Waals surface area (Å²) in [7, 11) is 0. The zero-order valence-electron chi connectivity index (χ0n) is 13.1. The molecule has 0 bridgehead atoms. The largest absolute Gasteiger partial charge is 0.454 e. The van der Waals surface area contributed by atoms with Crippen molar-refractivity contribution in [1.82, 2.24) is 0 Å². The first-order valence-corrected chi connectivity index (χ1v) is 7.39. The van der Waals surface area contributed by atoms with E-state index in [1.165, 1.54) is 0 Å². The lowest BCUT2D eigenvalue weighted by Gasteiger charge is -2.22. The fourth-order valence-electron chi connectivity index (χ4n) is 2.79. The van der Waals surface area contributed by atoms with E-state index in [9.17, 15) is 4.79 Å². The minimum absolute atomic E-state index is 0.0742. The van der Waals surface area contributed by atoms with Crippen molar-refractivity contribution >= 4 is 11.6 Å². The van der Waals surface area contributed by atoms with Gasteiger partial charge in [-0.3, -0.25) is 4.79 Å². The molecule has 0 N–H and O–H groups in total. The molecule has 1 aliphatic heterocycles.